The van der Waals surface area contributed by atoms with Gasteiger partial charge in [0.05, 0.1) is 0 Å². The number of benzene rings is 1. The van der Waals surface area contributed by atoms with Crippen molar-refractivity contribution in [3.05, 3.63) is 34.6 Å². The van der Waals surface area contributed by atoms with Crippen LogP contribution in [0.25, 0.3) is 0 Å². The molecule has 0 saturated heterocycles. The Morgan fingerprint density at radius 1 is 1.35 bits per heavy atom. The molecular formula is C14H21ClFN. The van der Waals surface area contributed by atoms with Gasteiger partial charge in [-0.2, -0.15) is 0 Å². The second kappa shape index (κ2) is 7.67. The molecule has 1 N–H and O–H groups in total. The van der Waals surface area contributed by atoms with Crippen molar-refractivity contribution in [3.63, 3.8) is 0 Å². The number of hydrogen-bond acceptors (Lipinski definition) is 1. The van der Waals surface area contributed by atoms with Crippen molar-refractivity contribution in [2.45, 2.75) is 33.1 Å². The summed E-state index contributed by atoms with van der Waals surface area (Å²) in [6.07, 6.45) is 3.03. The molecule has 0 aliphatic carbocycles. The van der Waals surface area contributed by atoms with Crippen LogP contribution in [0.15, 0.2) is 18.2 Å². The molecule has 0 aromatic heterocycles. The van der Waals surface area contributed by atoms with Gasteiger partial charge in [0.1, 0.15) is 5.82 Å². The van der Waals surface area contributed by atoms with Crippen molar-refractivity contribution in [1.82, 2.24) is 5.32 Å². The molecule has 3 heteroatoms. The molecule has 17 heavy (non-hydrogen) atoms. The predicted molar refractivity (Wildman–Crippen MR) is 72.1 cm³/mol. The van der Waals surface area contributed by atoms with E-state index < -0.39 is 0 Å². The Hall–Kier alpha value is -0.600. The first kappa shape index (κ1) is 14.5. The summed E-state index contributed by atoms with van der Waals surface area (Å²) < 4.78 is 13.7. The van der Waals surface area contributed by atoms with Crippen LogP contribution in [-0.2, 0) is 6.42 Å². The molecule has 0 amide bonds. The minimum Gasteiger partial charge on any atom is -0.317 e. The summed E-state index contributed by atoms with van der Waals surface area (Å²) in [6.45, 7) is 6.17. The van der Waals surface area contributed by atoms with E-state index in [-0.39, 0.29) is 5.82 Å². The SMILES string of the molecule is CCCC(CNCC)Cc1ccc(Cl)cc1F. The Labute approximate surface area is 108 Å². The summed E-state index contributed by atoms with van der Waals surface area (Å²) in [5, 5.41) is 3.80. The molecule has 1 unspecified atom stereocenters. The lowest BCUT2D eigenvalue weighted by atomic mass is 9.94. The Kier molecular flexibility index (Phi) is 6.53. The minimum atomic E-state index is -0.185. The monoisotopic (exact) mass is 257 g/mol. The highest BCUT2D eigenvalue weighted by molar-refractivity contribution is 6.30. The van der Waals surface area contributed by atoms with Gasteiger partial charge in [0.15, 0.2) is 0 Å². The Morgan fingerprint density at radius 3 is 2.71 bits per heavy atom. The van der Waals surface area contributed by atoms with Gasteiger partial charge in [-0.15, -0.1) is 0 Å². The molecule has 0 fully saturated rings. The van der Waals surface area contributed by atoms with Crippen molar-refractivity contribution >= 4 is 11.6 Å². The second-order valence-corrected chi connectivity index (χ2v) is 4.84. The Balaban J connectivity index is 2.64. The van der Waals surface area contributed by atoms with Gasteiger partial charge in [-0.05, 0) is 49.5 Å². The standard InChI is InChI=1S/C14H21ClFN/c1-3-5-11(10-17-4-2)8-12-6-7-13(15)9-14(12)16/h6-7,9,11,17H,3-5,8,10H2,1-2H3. The lowest BCUT2D eigenvalue weighted by molar-refractivity contribution is 0.436. The summed E-state index contributed by atoms with van der Waals surface area (Å²) in [4.78, 5) is 0. The summed E-state index contributed by atoms with van der Waals surface area (Å²) in [6, 6.07) is 4.95. The minimum absolute atomic E-state index is 0.185. The molecular weight excluding hydrogens is 237 g/mol. The molecule has 1 atom stereocenters. The highest BCUT2D eigenvalue weighted by atomic mass is 35.5. The van der Waals surface area contributed by atoms with Crippen molar-refractivity contribution in [3.8, 4) is 0 Å². The second-order valence-electron chi connectivity index (χ2n) is 4.40. The average molecular weight is 258 g/mol. The summed E-state index contributed by atoms with van der Waals surface area (Å²) in [5.74, 6) is 0.311. The first-order valence-electron chi connectivity index (χ1n) is 6.32. The predicted octanol–water partition coefficient (Wildman–Crippen LogP) is 4.05. The largest absolute Gasteiger partial charge is 0.317 e. The van der Waals surface area contributed by atoms with E-state index in [1.165, 1.54) is 6.07 Å². The molecule has 0 saturated carbocycles. The van der Waals surface area contributed by atoms with Crippen LogP contribution in [0.5, 0.6) is 0 Å². The number of rotatable bonds is 7. The topological polar surface area (TPSA) is 12.0 Å². The Morgan fingerprint density at radius 2 is 2.12 bits per heavy atom. The lowest BCUT2D eigenvalue weighted by Crippen LogP contribution is -2.24. The van der Waals surface area contributed by atoms with E-state index in [2.05, 4.69) is 19.2 Å². The zero-order valence-corrected chi connectivity index (χ0v) is 11.4. The van der Waals surface area contributed by atoms with Gasteiger partial charge in [0.2, 0.25) is 0 Å². The van der Waals surface area contributed by atoms with E-state index in [1.54, 1.807) is 12.1 Å². The van der Waals surface area contributed by atoms with Crippen LogP contribution in [0.2, 0.25) is 5.02 Å². The maximum Gasteiger partial charge on any atom is 0.127 e. The van der Waals surface area contributed by atoms with E-state index in [0.717, 1.165) is 37.9 Å². The molecule has 96 valence electrons. The van der Waals surface area contributed by atoms with Crippen molar-refractivity contribution < 1.29 is 4.39 Å². The van der Waals surface area contributed by atoms with Crippen molar-refractivity contribution in [2.24, 2.45) is 5.92 Å². The maximum atomic E-state index is 13.7. The molecule has 1 rings (SSSR count). The molecule has 0 aliphatic heterocycles. The van der Waals surface area contributed by atoms with E-state index in [9.17, 15) is 4.39 Å². The van der Waals surface area contributed by atoms with Crippen molar-refractivity contribution in [2.75, 3.05) is 13.1 Å². The van der Waals surface area contributed by atoms with Gasteiger partial charge >= 0.3 is 0 Å². The fourth-order valence-electron chi connectivity index (χ4n) is 2.03. The fourth-order valence-corrected chi connectivity index (χ4v) is 2.19. The van der Waals surface area contributed by atoms with Gasteiger partial charge in [-0.3, -0.25) is 0 Å². The third kappa shape index (κ3) is 5.05. The quantitative estimate of drug-likeness (QED) is 0.777. The van der Waals surface area contributed by atoms with E-state index in [0.29, 0.717) is 10.9 Å². The van der Waals surface area contributed by atoms with Gasteiger partial charge < -0.3 is 5.32 Å². The molecule has 0 heterocycles. The van der Waals surface area contributed by atoms with Gasteiger partial charge in [-0.1, -0.05) is 37.9 Å². The van der Waals surface area contributed by atoms with E-state index >= 15 is 0 Å². The Bertz CT molecular complexity index is 341. The summed E-state index contributed by atoms with van der Waals surface area (Å²) in [7, 11) is 0. The van der Waals surface area contributed by atoms with Gasteiger partial charge in [0, 0.05) is 5.02 Å². The molecule has 1 aromatic carbocycles. The highest BCUT2D eigenvalue weighted by Crippen LogP contribution is 2.19. The normalized spacial score (nSPS) is 12.7. The van der Waals surface area contributed by atoms with Crippen LogP contribution in [0.1, 0.15) is 32.3 Å². The van der Waals surface area contributed by atoms with E-state index in [1.807, 2.05) is 0 Å². The molecule has 0 spiro atoms. The van der Waals surface area contributed by atoms with Crippen LogP contribution in [0.3, 0.4) is 0 Å². The van der Waals surface area contributed by atoms with Crippen molar-refractivity contribution in [1.29, 1.82) is 0 Å². The first-order chi connectivity index (χ1) is 8.17. The zero-order chi connectivity index (χ0) is 12.7. The smallest absolute Gasteiger partial charge is 0.127 e. The molecule has 0 aliphatic rings. The van der Waals surface area contributed by atoms with Crippen LogP contribution < -0.4 is 5.32 Å². The summed E-state index contributed by atoms with van der Waals surface area (Å²) >= 11 is 5.75. The average Bonchev–Trinajstić information content (AvgIpc) is 2.29. The molecule has 0 radical (unpaired) electrons. The number of hydrogen-bond donors (Lipinski definition) is 1. The van der Waals surface area contributed by atoms with Crippen LogP contribution >= 0.6 is 11.6 Å². The molecule has 1 aromatic rings. The molecule has 0 bridgehead atoms. The van der Waals surface area contributed by atoms with Gasteiger partial charge in [0.25, 0.3) is 0 Å². The first-order valence-corrected chi connectivity index (χ1v) is 6.69. The van der Waals surface area contributed by atoms with Gasteiger partial charge in [-0.25, -0.2) is 4.39 Å². The van der Waals surface area contributed by atoms with Crippen LogP contribution in [-0.4, -0.2) is 13.1 Å². The third-order valence-corrected chi connectivity index (χ3v) is 3.14. The maximum absolute atomic E-state index is 13.7. The van der Waals surface area contributed by atoms with Crippen LogP contribution in [0.4, 0.5) is 4.39 Å². The highest BCUT2D eigenvalue weighted by Gasteiger charge is 2.11. The van der Waals surface area contributed by atoms with E-state index in [4.69, 9.17) is 11.6 Å². The number of nitrogens with one attached hydrogen (secondary N) is 1. The fraction of sp³-hybridized carbons (Fsp3) is 0.571. The lowest BCUT2D eigenvalue weighted by Gasteiger charge is -2.17. The molecule has 1 nitrogen and oxygen atoms in total. The summed E-state index contributed by atoms with van der Waals surface area (Å²) in [5.41, 5.74) is 0.769. The third-order valence-electron chi connectivity index (χ3n) is 2.90. The zero-order valence-electron chi connectivity index (χ0n) is 10.6. The van der Waals surface area contributed by atoms with Crippen LogP contribution in [0, 0.1) is 11.7 Å². The number of halogens is 2.